The normalized spacial score (nSPS) is 13.4. The molecular formula is C13H18F3NO2. The van der Waals surface area contributed by atoms with Crippen LogP contribution in [0.5, 0.6) is 5.75 Å². The first-order chi connectivity index (χ1) is 8.85. The van der Waals surface area contributed by atoms with Crippen LogP contribution >= 0.6 is 0 Å². The van der Waals surface area contributed by atoms with E-state index in [1.807, 2.05) is 0 Å². The summed E-state index contributed by atoms with van der Waals surface area (Å²) in [5.41, 5.74) is 6.77. The molecule has 0 spiro atoms. The summed E-state index contributed by atoms with van der Waals surface area (Å²) >= 11 is 0. The first-order valence-corrected chi connectivity index (χ1v) is 5.96. The molecular weight excluding hydrogens is 259 g/mol. The lowest BCUT2D eigenvalue weighted by molar-refractivity contribution is -0.274. The third-order valence-electron chi connectivity index (χ3n) is 2.63. The van der Waals surface area contributed by atoms with Gasteiger partial charge >= 0.3 is 6.36 Å². The van der Waals surface area contributed by atoms with Gasteiger partial charge in [-0.1, -0.05) is 6.07 Å². The Balaban J connectivity index is 2.94. The second-order valence-corrected chi connectivity index (χ2v) is 4.28. The minimum absolute atomic E-state index is 0.225. The third kappa shape index (κ3) is 5.48. The molecule has 2 N–H and O–H groups in total. The molecule has 0 aliphatic heterocycles. The van der Waals surface area contributed by atoms with Crippen LogP contribution in [0.3, 0.4) is 0 Å². The van der Waals surface area contributed by atoms with Gasteiger partial charge in [0.15, 0.2) is 0 Å². The van der Waals surface area contributed by atoms with Gasteiger partial charge in [-0.2, -0.15) is 0 Å². The van der Waals surface area contributed by atoms with Gasteiger partial charge < -0.3 is 15.2 Å². The molecule has 108 valence electrons. The minimum atomic E-state index is -4.69. The van der Waals surface area contributed by atoms with Gasteiger partial charge in [0.25, 0.3) is 0 Å². The van der Waals surface area contributed by atoms with Crippen molar-refractivity contribution in [3.8, 4) is 5.75 Å². The molecule has 1 rings (SSSR count). The van der Waals surface area contributed by atoms with Crippen molar-refractivity contribution < 1.29 is 22.6 Å². The number of benzene rings is 1. The number of methoxy groups -OCH3 is 1. The van der Waals surface area contributed by atoms with Gasteiger partial charge in [-0.25, -0.2) is 0 Å². The van der Waals surface area contributed by atoms with E-state index < -0.39 is 6.36 Å². The Labute approximate surface area is 110 Å². The van der Waals surface area contributed by atoms with Gasteiger partial charge in [0.1, 0.15) is 5.75 Å². The largest absolute Gasteiger partial charge is 0.573 e. The SMILES string of the molecule is COC(CCCN)c1cc(C)cc(OC(F)(F)F)c1. The summed E-state index contributed by atoms with van der Waals surface area (Å²) in [7, 11) is 1.52. The average molecular weight is 277 g/mol. The van der Waals surface area contributed by atoms with Gasteiger partial charge in [-0.15, -0.1) is 13.2 Å². The molecule has 0 amide bonds. The monoisotopic (exact) mass is 277 g/mol. The number of ether oxygens (including phenoxy) is 2. The Morgan fingerprint density at radius 3 is 2.47 bits per heavy atom. The van der Waals surface area contributed by atoms with Crippen molar-refractivity contribution in [1.29, 1.82) is 0 Å². The molecule has 0 aromatic heterocycles. The van der Waals surface area contributed by atoms with Gasteiger partial charge in [-0.3, -0.25) is 0 Å². The molecule has 0 aliphatic rings. The van der Waals surface area contributed by atoms with Crippen LogP contribution in [0.4, 0.5) is 13.2 Å². The highest BCUT2D eigenvalue weighted by molar-refractivity contribution is 5.35. The summed E-state index contributed by atoms with van der Waals surface area (Å²) < 4.78 is 45.9. The Morgan fingerprint density at radius 1 is 1.26 bits per heavy atom. The van der Waals surface area contributed by atoms with Crippen LogP contribution in [-0.4, -0.2) is 20.0 Å². The van der Waals surface area contributed by atoms with Crippen LogP contribution in [-0.2, 0) is 4.74 Å². The number of hydrogen-bond donors (Lipinski definition) is 1. The zero-order valence-electron chi connectivity index (χ0n) is 11.0. The predicted molar refractivity (Wildman–Crippen MR) is 65.9 cm³/mol. The van der Waals surface area contributed by atoms with Crippen LogP contribution in [0.2, 0.25) is 0 Å². The molecule has 3 nitrogen and oxygen atoms in total. The standard InChI is InChI=1S/C13H18F3NO2/c1-9-6-10(12(18-2)4-3-5-17)8-11(7-9)19-13(14,15)16/h6-8,12H,3-5,17H2,1-2H3. The fourth-order valence-corrected chi connectivity index (χ4v) is 1.88. The van der Waals surface area contributed by atoms with Gasteiger partial charge in [0.05, 0.1) is 6.10 Å². The minimum Gasteiger partial charge on any atom is -0.406 e. The number of hydrogen-bond acceptors (Lipinski definition) is 3. The predicted octanol–water partition coefficient (Wildman–Crippen LogP) is 3.32. The van der Waals surface area contributed by atoms with E-state index in [0.29, 0.717) is 24.1 Å². The fourth-order valence-electron chi connectivity index (χ4n) is 1.88. The molecule has 0 aliphatic carbocycles. The van der Waals surface area contributed by atoms with Gasteiger partial charge in [-0.05, 0) is 49.6 Å². The second kappa shape index (κ2) is 6.77. The van der Waals surface area contributed by atoms with Crippen molar-refractivity contribution >= 4 is 0 Å². The molecule has 0 heterocycles. The molecule has 1 atom stereocenters. The highest BCUT2D eigenvalue weighted by Crippen LogP contribution is 2.30. The van der Waals surface area contributed by atoms with Crippen LogP contribution in [0.1, 0.15) is 30.1 Å². The first-order valence-electron chi connectivity index (χ1n) is 5.96. The number of halogens is 3. The summed E-state index contributed by atoms with van der Waals surface area (Å²) in [5, 5.41) is 0. The van der Waals surface area contributed by atoms with E-state index >= 15 is 0 Å². The molecule has 1 aromatic carbocycles. The lowest BCUT2D eigenvalue weighted by Gasteiger charge is -2.18. The topological polar surface area (TPSA) is 44.5 Å². The molecule has 0 radical (unpaired) electrons. The summed E-state index contributed by atoms with van der Waals surface area (Å²) in [6, 6.07) is 4.48. The molecule has 6 heteroatoms. The van der Waals surface area contributed by atoms with Crippen molar-refractivity contribution in [3.05, 3.63) is 29.3 Å². The molecule has 0 fully saturated rings. The molecule has 1 unspecified atom stereocenters. The fraction of sp³-hybridized carbons (Fsp3) is 0.538. The second-order valence-electron chi connectivity index (χ2n) is 4.28. The number of aryl methyl sites for hydroxylation is 1. The smallest absolute Gasteiger partial charge is 0.406 e. The Morgan fingerprint density at radius 2 is 1.95 bits per heavy atom. The lowest BCUT2D eigenvalue weighted by atomic mass is 10.0. The quantitative estimate of drug-likeness (QED) is 0.867. The molecule has 19 heavy (non-hydrogen) atoms. The van der Waals surface area contributed by atoms with Crippen molar-refractivity contribution in [2.45, 2.75) is 32.2 Å². The highest BCUT2D eigenvalue weighted by atomic mass is 19.4. The number of alkyl halides is 3. The summed E-state index contributed by atoms with van der Waals surface area (Å²) in [5.74, 6) is -0.225. The molecule has 0 bridgehead atoms. The van der Waals surface area contributed by atoms with Gasteiger partial charge in [0.2, 0.25) is 0 Å². The van der Waals surface area contributed by atoms with Crippen molar-refractivity contribution in [2.24, 2.45) is 5.73 Å². The zero-order valence-corrected chi connectivity index (χ0v) is 11.0. The first kappa shape index (κ1) is 15.8. The van der Waals surface area contributed by atoms with Crippen LogP contribution < -0.4 is 10.5 Å². The van der Waals surface area contributed by atoms with E-state index in [1.165, 1.54) is 19.2 Å². The summed E-state index contributed by atoms with van der Waals surface area (Å²) in [6.07, 6.45) is -3.58. The van der Waals surface area contributed by atoms with E-state index in [9.17, 15) is 13.2 Å². The molecule has 0 saturated heterocycles. The third-order valence-corrected chi connectivity index (χ3v) is 2.63. The highest BCUT2D eigenvalue weighted by Gasteiger charge is 2.31. The van der Waals surface area contributed by atoms with Crippen LogP contribution in [0.15, 0.2) is 18.2 Å². The lowest BCUT2D eigenvalue weighted by Crippen LogP contribution is -2.17. The molecule has 0 saturated carbocycles. The average Bonchev–Trinajstić information content (AvgIpc) is 2.27. The van der Waals surface area contributed by atoms with E-state index in [2.05, 4.69) is 4.74 Å². The van der Waals surface area contributed by atoms with E-state index in [1.54, 1.807) is 13.0 Å². The van der Waals surface area contributed by atoms with Crippen molar-refractivity contribution in [2.75, 3.05) is 13.7 Å². The van der Waals surface area contributed by atoms with Crippen molar-refractivity contribution in [3.63, 3.8) is 0 Å². The zero-order chi connectivity index (χ0) is 14.5. The Hall–Kier alpha value is -1.27. The maximum absolute atomic E-state index is 12.2. The Kier molecular flexibility index (Phi) is 5.62. The molecule has 1 aromatic rings. The van der Waals surface area contributed by atoms with E-state index in [4.69, 9.17) is 10.5 Å². The van der Waals surface area contributed by atoms with Crippen molar-refractivity contribution in [1.82, 2.24) is 0 Å². The van der Waals surface area contributed by atoms with Crippen LogP contribution in [0, 0.1) is 6.92 Å². The summed E-state index contributed by atoms with van der Waals surface area (Å²) in [4.78, 5) is 0. The summed E-state index contributed by atoms with van der Waals surface area (Å²) in [6.45, 7) is 2.22. The van der Waals surface area contributed by atoms with E-state index in [-0.39, 0.29) is 11.9 Å². The van der Waals surface area contributed by atoms with Gasteiger partial charge in [0, 0.05) is 7.11 Å². The number of rotatable bonds is 6. The van der Waals surface area contributed by atoms with E-state index in [0.717, 1.165) is 6.42 Å². The Bertz CT molecular complexity index is 407. The van der Waals surface area contributed by atoms with Crippen LogP contribution in [0.25, 0.3) is 0 Å². The maximum atomic E-state index is 12.2. The maximum Gasteiger partial charge on any atom is 0.573 e. The number of nitrogens with two attached hydrogens (primary N) is 1.